The molecule has 1 unspecified atom stereocenters. The highest BCUT2D eigenvalue weighted by atomic mass is 16.6. The molecule has 1 atom stereocenters. The standard InChI is InChI=1S/C75H134O6/c1-4-7-10-13-16-19-22-24-26-28-30-32-33-34-35-36-37-38-39-40-41-43-44-46-48-50-53-56-59-62-65-68-74(77)80-71-72(70-79-73(76)67-64-61-58-55-52-21-18-15-12-9-6-3)81-75(78)69-66-63-60-57-54-51-49-47-45-42-31-29-27-25-23-20-17-14-11-8-5-2/h15,18,22-25,28-31,45,47,72H,4-14,16-17,19-21,26-27,32-44,46,48-71H2,1-3H3/b18-15-,24-22-,25-23-,30-28-,31-29-,47-45-. The summed E-state index contributed by atoms with van der Waals surface area (Å²) in [5.74, 6) is -0.885. The van der Waals surface area contributed by atoms with Crippen LogP contribution in [0, 0.1) is 0 Å². The molecule has 0 heterocycles. The van der Waals surface area contributed by atoms with Crippen molar-refractivity contribution in [3.05, 3.63) is 72.9 Å². The summed E-state index contributed by atoms with van der Waals surface area (Å²) < 4.78 is 16.9. The number of rotatable bonds is 65. The minimum Gasteiger partial charge on any atom is -0.462 e. The average Bonchev–Trinajstić information content (AvgIpc) is 3.47. The van der Waals surface area contributed by atoms with Gasteiger partial charge in [-0.2, -0.15) is 0 Å². The molecule has 0 aromatic rings. The maximum Gasteiger partial charge on any atom is 0.306 e. The van der Waals surface area contributed by atoms with Crippen molar-refractivity contribution in [2.75, 3.05) is 13.2 Å². The van der Waals surface area contributed by atoms with Gasteiger partial charge in [0.2, 0.25) is 0 Å². The molecule has 0 fully saturated rings. The molecule has 0 rings (SSSR count). The minimum absolute atomic E-state index is 0.0804. The molecule has 0 aliphatic carbocycles. The molecule has 0 saturated heterocycles. The predicted molar refractivity (Wildman–Crippen MR) is 353 cm³/mol. The van der Waals surface area contributed by atoms with Crippen LogP contribution in [0.1, 0.15) is 367 Å². The van der Waals surface area contributed by atoms with Gasteiger partial charge >= 0.3 is 17.9 Å². The van der Waals surface area contributed by atoms with Gasteiger partial charge in [0.15, 0.2) is 6.10 Å². The third-order valence-electron chi connectivity index (χ3n) is 15.7. The lowest BCUT2D eigenvalue weighted by atomic mass is 10.0. The van der Waals surface area contributed by atoms with Crippen LogP contribution in [0.4, 0.5) is 0 Å². The Hall–Kier alpha value is -3.15. The van der Waals surface area contributed by atoms with Crippen molar-refractivity contribution < 1.29 is 28.6 Å². The summed E-state index contributed by atoms with van der Waals surface area (Å²) in [4.78, 5) is 38.3. The van der Waals surface area contributed by atoms with Crippen LogP contribution < -0.4 is 0 Å². The molecule has 0 bridgehead atoms. The second kappa shape index (κ2) is 69.3. The molecule has 0 aliphatic rings. The van der Waals surface area contributed by atoms with Gasteiger partial charge in [-0.3, -0.25) is 14.4 Å². The minimum atomic E-state index is -0.786. The summed E-state index contributed by atoms with van der Waals surface area (Å²) in [5, 5.41) is 0. The summed E-state index contributed by atoms with van der Waals surface area (Å²) in [7, 11) is 0. The monoisotopic (exact) mass is 1130 g/mol. The Morgan fingerprint density at radius 1 is 0.247 bits per heavy atom. The van der Waals surface area contributed by atoms with Crippen LogP contribution in [0.2, 0.25) is 0 Å². The van der Waals surface area contributed by atoms with Crippen molar-refractivity contribution in [3.8, 4) is 0 Å². The number of carbonyl (C=O) groups is 3. The smallest absolute Gasteiger partial charge is 0.306 e. The van der Waals surface area contributed by atoms with Gasteiger partial charge in [-0.05, 0) is 109 Å². The van der Waals surface area contributed by atoms with Crippen molar-refractivity contribution in [2.24, 2.45) is 0 Å². The van der Waals surface area contributed by atoms with E-state index in [0.29, 0.717) is 19.3 Å². The first-order valence-corrected chi connectivity index (χ1v) is 35.4. The lowest BCUT2D eigenvalue weighted by Crippen LogP contribution is -2.30. The molecule has 0 radical (unpaired) electrons. The molecule has 0 spiro atoms. The van der Waals surface area contributed by atoms with E-state index >= 15 is 0 Å². The van der Waals surface area contributed by atoms with Crippen LogP contribution in [0.5, 0.6) is 0 Å². The molecule has 0 aromatic heterocycles. The largest absolute Gasteiger partial charge is 0.462 e. The van der Waals surface area contributed by atoms with E-state index in [1.165, 1.54) is 231 Å². The number of ether oxygens (including phenoxy) is 3. The van der Waals surface area contributed by atoms with Gasteiger partial charge in [-0.1, -0.05) is 312 Å². The number of allylic oxidation sites excluding steroid dienone is 12. The maximum absolute atomic E-state index is 12.9. The first-order valence-electron chi connectivity index (χ1n) is 35.4. The lowest BCUT2D eigenvalue weighted by Gasteiger charge is -2.18. The highest BCUT2D eigenvalue weighted by Gasteiger charge is 2.19. The Morgan fingerprint density at radius 2 is 0.457 bits per heavy atom. The van der Waals surface area contributed by atoms with E-state index in [-0.39, 0.29) is 31.1 Å². The van der Waals surface area contributed by atoms with Gasteiger partial charge in [-0.25, -0.2) is 0 Å². The SMILES string of the molecule is CCCC/C=C\CCCCCCCC(=O)OCC(COC(=O)CCCCCCCCCCCCCCCCCCCCC/C=C\C/C=C\CCCCCCC)OC(=O)CCCCCCCC/C=C\C/C=C\C/C=C\CCCCCCC. The zero-order valence-electron chi connectivity index (χ0n) is 54.1. The van der Waals surface area contributed by atoms with Crippen LogP contribution >= 0.6 is 0 Å². The second-order valence-corrected chi connectivity index (χ2v) is 23.8. The van der Waals surface area contributed by atoms with E-state index in [1.807, 2.05) is 0 Å². The molecule has 470 valence electrons. The first-order chi connectivity index (χ1) is 40.0. The highest BCUT2D eigenvalue weighted by Crippen LogP contribution is 2.17. The van der Waals surface area contributed by atoms with E-state index in [1.54, 1.807) is 0 Å². The molecule has 0 aromatic carbocycles. The van der Waals surface area contributed by atoms with E-state index in [2.05, 4.69) is 93.7 Å². The summed E-state index contributed by atoms with van der Waals surface area (Å²) in [6, 6.07) is 0. The Labute approximate surface area is 503 Å². The van der Waals surface area contributed by atoms with Crippen molar-refractivity contribution in [3.63, 3.8) is 0 Å². The van der Waals surface area contributed by atoms with Gasteiger partial charge in [0, 0.05) is 19.3 Å². The number of carbonyl (C=O) groups excluding carboxylic acids is 3. The molecule has 81 heavy (non-hydrogen) atoms. The highest BCUT2D eigenvalue weighted by molar-refractivity contribution is 5.71. The number of hydrogen-bond acceptors (Lipinski definition) is 6. The average molecular weight is 1130 g/mol. The Balaban J connectivity index is 4.17. The van der Waals surface area contributed by atoms with Gasteiger partial charge < -0.3 is 14.2 Å². The van der Waals surface area contributed by atoms with Gasteiger partial charge in [0.1, 0.15) is 13.2 Å². The van der Waals surface area contributed by atoms with Crippen LogP contribution in [0.25, 0.3) is 0 Å². The third-order valence-corrected chi connectivity index (χ3v) is 15.7. The number of hydrogen-bond donors (Lipinski definition) is 0. The van der Waals surface area contributed by atoms with Gasteiger partial charge in [0.25, 0.3) is 0 Å². The fourth-order valence-electron chi connectivity index (χ4n) is 10.3. The van der Waals surface area contributed by atoms with E-state index in [0.717, 1.165) is 96.3 Å². The normalized spacial score (nSPS) is 12.5. The van der Waals surface area contributed by atoms with Crippen LogP contribution in [-0.4, -0.2) is 37.2 Å². The zero-order chi connectivity index (χ0) is 58.5. The molecule has 0 aliphatic heterocycles. The van der Waals surface area contributed by atoms with Crippen molar-refractivity contribution >= 4 is 17.9 Å². The van der Waals surface area contributed by atoms with Crippen molar-refractivity contribution in [1.82, 2.24) is 0 Å². The Bertz CT molecular complexity index is 1490. The van der Waals surface area contributed by atoms with E-state index in [9.17, 15) is 14.4 Å². The van der Waals surface area contributed by atoms with Crippen LogP contribution in [0.3, 0.4) is 0 Å². The quantitative estimate of drug-likeness (QED) is 0.0261. The molecule has 0 saturated carbocycles. The van der Waals surface area contributed by atoms with E-state index < -0.39 is 6.10 Å². The molecule has 6 nitrogen and oxygen atoms in total. The topological polar surface area (TPSA) is 78.9 Å². The summed E-state index contributed by atoms with van der Waals surface area (Å²) in [6.07, 6.45) is 90.8. The first kappa shape index (κ1) is 77.9. The van der Waals surface area contributed by atoms with Crippen LogP contribution in [0.15, 0.2) is 72.9 Å². The fraction of sp³-hybridized carbons (Fsp3) is 0.800. The Morgan fingerprint density at radius 3 is 0.741 bits per heavy atom. The summed E-state index contributed by atoms with van der Waals surface area (Å²) in [6.45, 7) is 6.61. The van der Waals surface area contributed by atoms with Crippen molar-refractivity contribution in [2.45, 2.75) is 374 Å². The lowest BCUT2D eigenvalue weighted by molar-refractivity contribution is -0.167. The molecule has 6 heteroatoms. The number of unbranched alkanes of at least 4 members (excludes halogenated alkanes) is 42. The van der Waals surface area contributed by atoms with Crippen LogP contribution in [-0.2, 0) is 28.6 Å². The molecule has 0 N–H and O–H groups in total. The molecule has 0 amide bonds. The maximum atomic E-state index is 12.9. The van der Waals surface area contributed by atoms with Crippen molar-refractivity contribution in [1.29, 1.82) is 0 Å². The van der Waals surface area contributed by atoms with Gasteiger partial charge in [0.05, 0.1) is 0 Å². The fourth-order valence-corrected chi connectivity index (χ4v) is 10.3. The van der Waals surface area contributed by atoms with E-state index in [4.69, 9.17) is 14.2 Å². The zero-order valence-corrected chi connectivity index (χ0v) is 54.1. The third kappa shape index (κ3) is 67.5. The molecular weight excluding hydrogens is 997 g/mol. The number of esters is 3. The summed E-state index contributed by atoms with van der Waals surface area (Å²) >= 11 is 0. The predicted octanol–water partition coefficient (Wildman–Crippen LogP) is 24.4. The molecular formula is C75H134O6. The Kier molecular flexibility index (Phi) is 66.6. The summed E-state index contributed by atoms with van der Waals surface area (Å²) in [5.41, 5.74) is 0. The second-order valence-electron chi connectivity index (χ2n) is 23.8. The van der Waals surface area contributed by atoms with Gasteiger partial charge in [-0.15, -0.1) is 0 Å².